The third kappa shape index (κ3) is 4.47. The highest BCUT2D eigenvalue weighted by Gasteiger charge is 2.28. The molecule has 156 valence electrons. The Morgan fingerprint density at radius 2 is 1.79 bits per heavy atom. The molecule has 0 amide bonds. The van der Waals surface area contributed by atoms with Gasteiger partial charge in [0, 0.05) is 22.4 Å². The van der Waals surface area contributed by atoms with Crippen LogP contribution >= 0.6 is 11.3 Å². The zero-order valence-electron chi connectivity index (χ0n) is 17.0. The minimum atomic E-state index is -3.72. The van der Waals surface area contributed by atoms with Gasteiger partial charge in [0.2, 0.25) is 10.0 Å². The lowest BCUT2D eigenvalue weighted by Crippen LogP contribution is -2.26. The Hall–Kier alpha value is -2.36. The molecular weight excluding hydrogens is 412 g/mol. The number of nitrogens with zero attached hydrogens (tertiary/aromatic N) is 1. The first-order chi connectivity index (χ1) is 13.8. The van der Waals surface area contributed by atoms with Crippen molar-refractivity contribution >= 4 is 21.4 Å². The average Bonchev–Trinajstić information content (AvgIpc) is 3.23. The van der Waals surface area contributed by atoms with Gasteiger partial charge >= 0.3 is 0 Å². The summed E-state index contributed by atoms with van der Waals surface area (Å²) in [6, 6.07) is 7.28. The Kier molecular flexibility index (Phi) is 6.30. The number of sulfonamides is 1. The number of aromatic nitrogens is 1. The highest BCUT2D eigenvalue weighted by atomic mass is 32.2. The zero-order chi connectivity index (χ0) is 21.2. The minimum Gasteiger partial charge on any atom is -0.493 e. The molecule has 3 aromatic rings. The Balaban J connectivity index is 1.81. The first-order valence-electron chi connectivity index (χ1n) is 9.01. The molecule has 0 unspecified atom stereocenters. The van der Waals surface area contributed by atoms with E-state index in [-0.39, 0.29) is 11.4 Å². The lowest BCUT2D eigenvalue weighted by atomic mass is 10.1. The predicted molar refractivity (Wildman–Crippen MR) is 112 cm³/mol. The van der Waals surface area contributed by atoms with Gasteiger partial charge in [0.05, 0.1) is 25.5 Å². The number of methoxy groups -OCH3 is 2. The Labute approximate surface area is 174 Å². The lowest BCUT2D eigenvalue weighted by Gasteiger charge is -2.11. The van der Waals surface area contributed by atoms with Gasteiger partial charge in [-0.25, -0.2) is 13.1 Å². The quantitative estimate of drug-likeness (QED) is 0.577. The molecule has 0 saturated carbocycles. The van der Waals surface area contributed by atoms with E-state index < -0.39 is 10.0 Å². The van der Waals surface area contributed by atoms with Gasteiger partial charge in [0.1, 0.15) is 4.90 Å². The fourth-order valence-electron chi connectivity index (χ4n) is 3.19. The molecule has 0 fully saturated rings. The Bertz CT molecular complexity index is 1120. The summed E-state index contributed by atoms with van der Waals surface area (Å²) in [5.74, 6) is 1.71. The van der Waals surface area contributed by atoms with Gasteiger partial charge in [-0.2, -0.15) is 0 Å². The molecule has 0 bridgehead atoms. The van der Waals surface area contributed by atoms with Crippen LogP contribution in [0.25, 0.3) is 11.3 Å². The van der Waals surface area contributed by atoms with E-state index in [0.29, 0.717) is 39.8 Å². The molecule has 0 spiro atoms. The molecule has 0 aliphatic rings. The summed E-state index contributed by atoms with van der Waals surface area (Å²) >= 11 is 1.43. The van der Waals surface area contributed by atoms with Crippen LogP contribution in [0.3, 0.4) is 0 Å². The molecule has 0 aliphatic heterocycles. The van der Waals surface area contributed by atoms with Crippen molar-refractivity contribution in [3.05, 3.63) is 45.3 Å². The predicted octanol–water partition coefficient (Wildman–Crippen LogP) is 3.87. The normalized spacial score (nSPS) is 11.6. The van der Waals surface area contributed by atoms with Crippen molar-refractivity contribution in [2.45, 2.75) is 32.1 Å². The van der Waals surface area contributed by atoms with E-state index in [4.69, 9.17) is 14.0 Å². The van der Waals surface area contributed by atoms with Crippen molar-refractivity contribution in [3.8, 4) is 22.8 Å². The summed E-state index contributed by atoms with van der Waals surface area (Å²) in [6.07, 6.45) is 0.512. The van der Waals surface area contributed by atoms with E-state index in [1.807, 2.05) is 19.1 Å². The van der Waals surface area contributed by atoms with E-state index in [1.165, 1.54) is 11.3 Å². The van der Waals surface area contributed by atoms with Crippen LogP contribution in [0.1, 0.15) is 21.0 Å². The maximum atomic E-state index is 13.1. The third-order valence-electron chi connectivity index (χ3n) is 4.50. The zero-order valence-corrected chi connectivity index (χ0v) is 18.7. The fourth-order valence-corrected chi connectivity index (χ4v) is 6.08. The molecule has 29 heavy (non-hydrogen) atoms. The van der Waals surface area contributed by atoms with E-state index >= 15 is 0 Å². The number of rotatable bonds is 8. The maximum absolute atomic E-state index is 13.1. The molecule has 2 heterocycles. The summed E-state index contributed by atoms with van der Waals surface area (Å²) in [6.45, 7) is 5.74. The van der Waals surface area contributed by atoms with E-state index in [0.717, 1.165) is 10.4 Å². The summed E-state index contributed by atoms with van der Waals surface area (Å²) in [5, 5.41) is 3.89. The second kappa shape index (κ2) is 8.56. The third-order valence-corrected chi connectivity index (χ3v) is 7.28. The van der Waals surface area contributed by atoms with E-state index in [2.05, 4.69) is 9.88 Å². The van der Waals surface area contributed by atoms with E-state index in [1.54, 1.807) is 40.2 Å². The SMILES string of the molecule is COc1ccc(CCNS(=O)(=O)c2c(C)sc(C)c2-c2cc(C)no2)cc1OC. The van der Waals surface area contributed by atoms with Crippen molar-refractivity contribution in [2.75, 3.05) is 20.8 Å². The Morgan fingerprint density at radius 1 is 1.07 bits per heavy atom. The minimum absolute atomic E-state index is 0.251. The number of hydrogen-bond donors (Lipinski definition) is 1. The molecule has 1 N–H and O–H groups in total. The molecule has 1 aromatic carbocycles. The topological polar surface area (TPSA) is 90.7 Å². The van der Waals surface area contributed by atoms with Gasteiger partial charge < -0.3 is 14.0 Å². The summed E-state index contributed by atoms with van der Waals surface area (Å²) < 4.78 is 44.7. The Morgan fingerprint density at radius 3 is 2.41 bits per heavy atom. The van der Waals surface area contributed by atoms with Crippen molar-refractivity contribution in [1.29, 1.82) is 0 Å². The largest absolute Gasteiger partial charge is 0.493 e. The van der Waals surface area contributed by atoms with Crippen LogP contribution in [-0.2, 0) is 16.4 Å². The number of hydrogen-bond acceptors (Lipinski definition) is 7. The molecule has 0 aliphatic carbocycles. The lowest BCUT2D eigenvalue weighted by molar-refractivity contribution is 0.354. The number of aryl methyl sites for hydroxylation is 3. The second-order valence-electron chi connectivity index (χ2n) is 6.59. The number of ether oxygens (including phenoxy) is 2. The molecule has 3 rings (SSSR count). The molecule has 0 atom stereocenters. The van der Waals surface area contributed by atoms with Crippen LogP contribution in [0.5, 0.6) is 11.5 Å². The first kappa shape index (κ1) is 21.4. The van der Waals surface area contributed by atoms with Gasteiger partial charge in [-0.3, -0.25) is 0 Å². The van der Waals surface area contributed by atoms with Crippen molar-refractivity contribution < 1.29 is 22.4 Å². The number of benzene rings is 1. The molecule has 9 heteroatoms. The van der Waals surface area contributed by atoms with Crippen molar-refractivity contribution in [1.82, 2.24) is 9.88 Å². The van der Waals surface area contributed by atoms with Gasteiger partial charge in [0.15, 0.2) is 17.3 Å². The van der Waals surface area contributed by atoms with Crippen LogP contribution in [0.4, 0.5) is 0 Å². The summed E-state index contributed by atoms with van der Waals surface area (Å²) in [5.41, 5.74) is 2.22. The summed E-state index contributed by atoms with van der Waals surface area (Å²) in [4.78, 5) is 1.84. The maximum Gasteiger partial charge on any atom is 0.242 e. The number of thiophene rings is 1. The monoisotopic (exact) mass is 436 g/mol. The summed E-state index contributed by atoms with van der Waals surface area (Å²) in [7, 11) is -0.580. The number of nitrogens with one attached hydrogen (secondary N) is 1. The highest BCUT2D eigenvalue weighted by molar-refractivity contribution is 7.89. The first-order valence-corrected chi connectivity index (χ1v) is 11.3. The standard InChI is InChI=1S/C20H24N2O5S2/c1-12-10-18(27-22-12)19-13(2)28-14(3)20(19)29(23,24)21-9-8-15-6-7-16(25-4)17(11-15)26-5/h6-7,10-11,21H,8-9H2,1-5H3. The molecule has 0 radical (unpaired) electrons. The average molecular weight is 437 g/mol. The molecule has 2 aromatic heterocycles. The molecule has 0 saturated heterocycles. The van der Waals surface area contributed by atoms with Crippen LogP contribution < -0.4 is 14.2 Å². The van der Waals surface area contributed by atoms with Gasteiger partial charge in [-0.1, -0.05) is 11.2 Å². The highest BCUT2D eigenvalue weighted by Crippen LogP contribution is 2.39. The van der Waals surface area contributed by atoms with Crippen LogP contribution in [-0.4, -0.2) is 34.3 Å². The van der Waals surface area contributed by atoms with Crippen LogP contribution in [0.15, 0.2) is 33.7 Å². The van der Waals surface area contributed by atoms with Gasteiger partial charge in [-0.05, 0) is 44.9 Å². The molecular formula is C20H24N2O5S2. The van der Waals surface area contributed by atoms with Crippen molar-refractivity contribution in [3.63, 3.8) is 0 Å². The van der Waals surface area contributed by atoms with Crippen LogP contribution in [0.2, 0.25) is 0 Å². The molecule has 7 nitrogen and oxygen atoms in total. The van der Waals surface area contributed by atoms with E-state index in [9.17, 15) is 8.42 Å². The van der Waals surface area contributed by atoms with Crippen LogP contribution in [0, 0.1) is 20.8 Å². The van der Waals surface area contributed by atoms with Gasteiger partial charge in [-0.15, -0.1) is 11.3 Å². The smallest absolute Gasteiger partial charge is 0.242 e. The van der Waals surface area contributed by atoms with Gasteiger partial charge in [0.25, 0.3) is 0 Å². The van der Waals surface area contributed by atoms with Crippen molar-refractivity contribution in [2.24, 2.45) is 0 Å². The second-order valence-corrected chi connectivity index (χ2v) is 9.72. The fraction of sp³-hybridized carbons (Fsp3) is 0.350.